The minimum atomic E-state index is -1.24. The molecule has 0 aromatic carbocycles. The molecule has 27 heavy (non-hydrogen) atoms. The number of hydrogen-bond acceptors (Lipinski definition) is 1. The van der Waals surface area contributed by atoms with Crippen LogP contribution in [0.4, 0.5) is 8.78 Å². The molecule has 2 saturated carbocycles. The van der Waals surface area contributed by atoms with Gasteiger partial charge in [-0.15, -0.1) is 0 Å². The van der Waals surface area contributed by atoms with Crippen LogP contribution in [-0.4, -0.2) is 24.1 Å². The number of allylic oxidation sites excluding steroid dienone is 7. The van der Waals surface area contributed by atoms with Gasteiger partial charge in [0.2, 0.25) is 0 Å². The van der Waals surface area contributed by atoms with E-state index in [1.54, 1.807) is 5.57 Å². The van der Waals surface area contributed by atoms with Gasteiger partial charge in [-0.1, -0.05) is 49.3 Å². The Morgan fingerprint density at radius 2 is 2.07 bits per heavy atom. The molecule has 0 aliphatic heterocycles. The van der Waals surface area contributed by atoms with Crippen LogP contribution in [0.15, 0.2) is 47.1 Å². The van der Waals surface area contributed by atoms with Gasteiger partial charge < -0.3 is 5.11 Å². The first-order chi connectivity index (χ1) is 13.0. The first-order valence-electron chi connectivity index (χ1n) is 10.6. The zero-order valence-corrected chi connectivity index (χ0v) is 16.7. The zero-order chi connectivity index (χ0) is 19.4. The summed E-state index contributed by atoms with van der Waals surface area (Å²) in [6, 6.07) is 0. The maximum absolute atomic E-state index is 13.9. The number of aliphatic hydroxyl groups excluding tert-OH is 1. The van der Waals surface area contributed by atoms with Crippen molar-refractivity contribution in [2.45, 2.75) is 83.5 Å². The van der Waals surface area contributed by atoms with E-state index in [0.29, 0.717) is 17.9 Å². The van der Waals surface area contributed by atoms with Crippen LogP contribution >= 0.6 is 0 Å². The molecule has 1 N–H and O–H groups in total. The van der Waals surface area contributed by atoms with Crippen LogP contribution in [0.1, 0.15) is 71.1 Å². The van der Waals surface area contributed by atoms with Crippen LogP contribution in [0.25, 0.3) is 0 Å². The van der Waals surface area contributed by atoms with Gasteiger partial charge in [-0.2, -0.15) is 0 Å². The smallest absolute Gasteiger partial charge is 0.128 e. The summed E-state index contributed by atoms with van der Waals surface area (Å²) < 4.78 is 27.7. The standard InChI is InChI=1S/C24H34F2O/c1-17-19(15-21(25)16-23(17)26)10-9-18-7-6-13-24(2)20(11-12-22(18)24)8-4-3-5-14-27/h9-11,21-23,27H,1,3-8,12-16H2,2H3/b18-9-,19-10+. The molecule has 4 atom stereocenters. The molecule has 0 amide bonds. The van der Waals surface area contributed by atoms with Crippen LogP contribution in [0.3, 0.4) is 0 Å². The second-order valence-electron chi connectivity index (χ2n) is 8.79. The third-order valence-corrected chi connectivity index (χ3v) is 7.01. The molecule has 2 fully saturated rings. The maximum atomic E-state index is 13.9. The van der Waals surface area contributed by atoms with Crippen LogP contribution in [-0.2, 0) is 0 Å². The van der Waals surface area contributed by atoms with E-state index in [1.807, 2.05) is 6.08 Å². The molecule has 0 radical (unpaired) electrons. The van der Waals surface area contributed by atoms with E-state index in [-0.39, 0.29) is 18.4 Å². The topological polar surface area (TPSA) is 20.2 Å². The van der Waals surface area contributed by atoms with Crippen molar-refractivity contribution in [2.24, 2.45) is 11.3 Å². The van der Waals surface area contributed by atoms with E-state index in [0.717, 1.165) is 44.1 Å². The van der Waals surface area contributed by atoms with Gasteiger partial charge in [0.1, 0.15) is 12.3 Å². The molecule has 0 spiro atoms. The van der Waals surface area contributed by atoms with Gasteiger partial charge in [0, 0.05) is 19.4 Å². The first kappa shape index (κ1) is 20.5. The third kappa shape index (κ3) is 4.45. The number of halogens is 2. The molecule has 1 nitrogen and oxygen atoms in total. The minimum absolute atomic E-state index is 0.0446. The summed E-state index contributed by atoms with van der Waals surface area (Å²) in [6.45, 7) is 6.53. The molecule has 0 saturated heterocycles. The van der Waals surface area contributed by atoms with E-state index in [2.05, 4.69) is 25.7 Å². The summed E-state index contributed by atoms with van der Waals surface area (Å²) >= 11 is 0. The number of hydrogen-bond donors (Lipinski definition) is 1. The molecule has 0 aromatic heterocycles. The van der Waals surface area contributed by atoms with Crippen molar-refractivity contribution < 1.29 is 13.9 Å². The molecule has 150 valence electrons. The monoisotopic (exact) mass is 376 g/mol. The molecular formula is C24H34F2O. The second kappa shape index (κ2) is 8.86. The Balaban J connectivity index is 1.70. The predicted molar refractivity (Wildman–Crippen MR) is 108 cm³/mol. The van der Waals surface area contributed by atoms with Crippen LogP contribution < -0.4 is 0 Å². The van der Waals surface area contributed by atoms with Gasteiger partial charge in [0.15, 0.2) is 0 Å². The van der Waals surface area contributed by atoms with Crippen LogP contribution in [0.2, 0.25) is 0 Å². The lowest BCUT2D eigenvalue weighted by Crippen LogP contribution is -2.30. The maximum Gasteiger partial charge on any atom is 0.128 e. The number of fused-ring (bicyclic) bond motifs is 1. The number of rotatable bonds is 6. The van der Waals surface area contributed by atoms with Crippen molar-refractivity contribution in [3.63, 3.8) is 0 Å². The molecular weight excluding hydrogens is 342 g/mol. The van der Waals surface area contributed by atoms with Crippen molar-refractivity contribution in [2.75, 3.05) is 6.61 Å². The lowest BCUT2D eigenvalue weighted by Gasteiger charge is -2.41. The summed E-state index contributed by atoms with van der Waals surface area (Å²) in [5.41, 5.74) is 4.46. The summed E-state index contributed by atoms with van der Waals surface area (Å²) in [5, 5.41) is 8.97. The van der Waals surface area contributed by atoms with Crippen molar-refractivity contribution in [3.8, 4) is 0 Å². The first-order valence-corrected chi connectivity index (χ1v) is 10.6. The summed E-state index contributed by atoms with van der Waals surface area (Å²) in [5.74, 6) is 0.523. The largest absolute Gasteiger partial charge is 0.396 e. The summed E-state index contributed by atoms with van der Waals surface area (Å²) in [4.78, 5) is 0. The lowest BCUT2D eigenvalue weighted by molar-refractivity contribution is 0.222. The second-order valence-corrected chi connectivity index (χ2v) is 8.79. The molecule has 0 aromatic rings. The van der Waals surface area contributed by atoms with E-state index in [1.165, 1.54) is 18.4 Å². The van der Waals surface area contributed by atoms with E-state index >= 15 is 0 Å². The van der Waals surface area contributed by atoms with Crippen molar-refractivity contribution in [1.82, 2.24) is 0 Å². The normalized spacial score (nSPS) is 37.0. The number of unbranched alkanes of at least 4 members (excludes halogenated alkanes) is 2. The SMILES string of the molecule is C=C1/C(=C/C=C2/CCCC3(C)C(CCCCCO)=CCC23)CC(F)CC1F. The van der Waals surface area contributed by atoms with Gasteiger partial charge in [-0.3, -0.25) is 0 Å². The Morgan fingerprint density at radius 3 is 2.85 bits per heavy atom. The highest BCUT2D eigenvalue weighted by Gasteiger charge is 2.44. The minimum Gasteiger partial charge on any atom is -0.396 e. The van der Waals surface area contributed by atoms with Crippen LogP contribution in [0.5, 0.6) is 0 Å². The number of aliphatic hydroxyl groups is 1. The molecule has 3 aliphatic rings. The highest BCUT2D eigenvalue weighted by Crippen LogP contribution is 2.55. The van der Waals surface area contributed by atoms with Crippen molar-refractivity contribution >= 4 is 0 Å². The average molecular weight is 377 g/mol. The van der Waals surface area contributed by atoms with Crippen LogP contribution in [0, 0.1) is 11.3 Å². The van der Waals surface area contributed by atoms with Crippen molar-refractivity contribution in [1.29, 1.82) is 0 Å². The van der Waals surface area contributed by atoms with E-state index in [9.17, 15) is 8.78 Å². The quantitative estimate of drug-likeness (QED) is 0.411. The fourth-order valence-electron chi connectivity index (χ4n) is 5.30. The highest BCUT2D eigenvalue weighted by atomic mass is 19.1. The molecule has 0 heterocycles. The Morgan fingerprint density at radius 1 is 1.26 bits per heavy atom. The van der Waals surface area contributed by atoms with Gasteiger partial charge in [-0.05, 0) is 67.4 Å². The van der Waals surface area contributed by atoms with Gasteiger partial charge in [-0.25, -0.2) is 8.78 Å². The third-order valence-electron chi connectivity index (χ3n) is 7.01. The van der Waals surface area contributed by atoms with E-state index in [4.69, 9.17) is 5.11 Å². The molecule has 3 aliphatic carbocycles. The fourth-order valence-corrected chi connectivity index (χ4v) is 5.30. The Bertz CT molecular complexity index is 645. The summed E-state index contributed by atoms with van der Waals surface area (Å²) in [6.07, 6.45) is 13.3. The average Bonchev–Trinajstić information content (AvgIpc) is 2.97. The highest BCUT2D eigenvalue weighted by molar-refractivity contribution is 5.40. The Hall–Kier alpha value is -1.22. The molecule has 3 rings (SSSR count). The Labute approximate surface area is 162 Å². The van der Waals surface area contributed by atoms with Gasteiger partial charge >= 0.3 is 0 Å². The van der Waals surface area contributed by atoms with E-state index < -0.39 is 12.3 Å². The van der Waals surface area contributed by atoms with Crippen molar-refractivity contribution in [3.05, 3.63) is 47.1 Å². The predicted octanol–water partition coefficient (Wildman–Crippen LogP) is 6.55. The van der Waals surface area contributed by atoms with Gasteiger partial charge in [0.05, 0.1) is 0 Å². The number of alkyl halides is 2. The Kier molecular flexibility index (Phi) is 6.73. The molecule has 3 heteroatoms. The zero-order valence-electron chi connectivity index (χ0n) is 16.7. The molecule has 0 bridgehead atoms. The molecule has 4 unspecified atom stereocenters. The summed E-state index contributed by atoms with van der Waals surface area (Å²) in [7, 11) is 0. The van der Waals surface area contributed by atoms with Gasteiger partial charge in [0.25, 0.3) is 0 Å². The fraction of sp³-hybridized carbons (Fsp3) is 0.667. The lowest BCUT2D eigenvalue weighted by atomic mass is 9.63.